The summed E-state index contributed by atoms with van der Waals surface area (Å²) in [6, 6.07) is 7.22. The van der Waals surface area contributed by atoms with Gasteiger partial charge in [-0.3, -0.25) is 0 Å². The van der Waals surface area contributed by atoms with Crippen LogP contribution in [-0.4, -0.2) is 31.1 Å². The van der Waals surface area contributed by atoms with Crippen molar-refractivity contribution in [2.45, 2.75) is 25.9 Å². The SMILES string of the molecule is Cc1cc(CNC2CCN(C)C2)ccc1Br. The van der Waals surface area contributed by atoms with Crippen LogP contribution in [0.25, 0.3) is 0 Å². The first-order valence-corrected chi connectivity index (χ1v) is 6.61. The lowest BCUT2D eigenvalue weighted by Gasteiger charge is -2.13. The molecule has 2 rings (SSSR count). The predicted molar refractivity (Wildman–Crippen MR) is 71.6 cm³/mol. The number of likely N-dealkylation sites (N-methyl/N-ethyl adjacent to an activating group) is 1. The van der Waals surface area contributed by atoms with Crippen molar-refractivity contribution < 1.29 is 0 Å². The molecule has 1 aromatic carbocycles. The average molecular weight is 283 g/mol. The maximum Gasteiger partial charge on any atom is 0.0210 e. The van der Waals surface area contributed by atoms with Crippen molar-refractivity contribution in [2.24, 2.45) is 0 Å². The Kier molecular flexibility index (Phi) is 4.00. The molecule has 1 heterocycles. The average Bonchev–Trinajstić information content (AvgIpc) is 2.66. The fourth-order valence-corrected chi connectivity index (χ4v) is 2.43. The Morgan fingerprint density at radius 2 is 2.31 bits per heavy atom. The van der Waals surface area contributed by atoms with Crippen LogP contribution in [0, 0.1) is 6.92 Å². The molecule has 1 aromatic rings. The second kappa shape index (κ2) is 5.30. The highest BCUT2D eigenvalue weighted by Crippen LogP contribution is 2.17. The van der Waals surface area contributed by atoms with E-state index >= 15 is 0 Å². The monoisotopic (exact) mass is 282 g/mol. The van der Waals surface area contributed by atoms with Crippen LogP contribution in [0.3, 0.4) is 0 Å². The molecule has 0 radical (unpaired) electrons. The molecule has 16 heavy (non-hydrogen) atoms. The molecule has 1 saturated heterocycles. The summed E-state index contributed by atoms with van der Waals surface area (Å²) in [5.41, 5.74) is 2.68. The third-order valence-electron chi connectivity index (χ3n) is 3.21. The van der Waals surface area contributed by atoms with Gasteiger partial charge in [0.1, 0.15) is 0 Å². The second-order valence-electron chi connectivity index (χ2n) is 4.71. The number of hydrogen-bond donors (Lipinski definition) is 1. The van der Waals surface area contributed by atoms with Crippen molar-refractivity contribution >= 4 is 15.9 Å². The molecule has 88 valence electrons. The molecule has 1 aliphatic rings. The minimum absolute atomic E-state index is 0.661. The zero-order chi connectivity index (χ0) is 11.5. The predicted octanol–water partition coefficient (Wildman–Crippen LogP) is 2.55. The van der Waals surface area contributed by atoms with Crippen LogP contribution in [0.4, 0.5) is 0 Å². The summed E-state index contributed by atoms with van der Waals surface area (Å²) in [4.78, 5) is 2.38. The number of halogens is 1. The largest absolute Gasteiger partial charge is 0.309 e. The second-order valence-corrected chi connectivity index (χ2v) is 5.57. The molecule has 1 atom stereocenters. The molecule has 0 spiro atoms. The van der Waals surface area contributed by atoms with Crippen molar-refractivity contribution in [1.82, 2.24) is 10.2 Å². The highest BCUT2D eigenvalue weighted by molar-refractivity contribution is 9.10. The zero-order valence-corrected chi connectivity index (χ0v) is 11.5. The van der Waals surface area contributed by atoms with Gasteiger partial charge in [0.15, 0.2) is 0 Å². The molecule has 0 bridgehead atoms. The Labute approximate surface area is 106 Å². The van der Waals surface area contributed by atoms with Crippen molar-refractivity contribution in [3.8, 4) is 0 Å². The van der Waals surface area contributed by atoms with Gasteiger partial charge in [-0.2, -0.15) is 0 Å². The minimum Gasteiger partial charge on any atom is -0.309 e. The van der Waals surface area contributed by atoms with E-state index in [9.17, 15) is 0 Å². The van der Waals surface area contributed by atoms with E-state index in [1.165, 1.54) is 35.1 Å². The van der Waals surface area contributed by atoms with Crippen molar-refractivity contribution in [2.75, 3.05) is 20.1 Å². The van der Waals surface area contributed by atoms with E-state index in [0.29, 0.717) is 6.04 Å². The summed E-state index contributed by atoms with van der Waals surface area (Å²) in [7, 11) is 2.19. The summed E-state index contributed by atoms with van der Waals surface area (Å²) in [5, 5.41) is 3.62. The van der Waals surface area contributed by atoms with Crippen LogP contribution in [0.1, 0.15) is 17.5 Å². The molecule has 1 N–H and O–H groups in total. The third-order valence-corrected chi connectivity index (χ3v) is 4.10. The Hall–Kier alpha value is -0.380. The Morgan fingerprint density at radius 3 is 2.94 bits per heavy atom. The van der Waals surface area contributed by atoms with Gasteiger partial charge < -0.3 is 10.2 Å². The van der Waals surface area contributed by atoms with Gasteiger partial charge in [0.05, 0.1) is 0 Å². The van der Waals surface area contributed by atoms with Crippen LogP contribution >= 0.6 is 15.9 Å². The Balaban J connectivity index is 1.87. The van der Waals surface area contributed by atoms with Crippen molar-refractivity contribution in [3.05, 3.63) is 33.8 Å². The van der Waals surface area contributed by atoms with Gasteiger partial charge in [-0.15, -0.1) is 0 Å². The normalized spacial score (nSPS) is 21.6. The summed E-state index contributed by atoms with van der Waals surface area (Å²) < 4.78 is 1.19. The van der Waals surface area contributed by atoms with Crippen LogP contribution < -0.4 is 5.32 Å². The number of nitrogens with one attached hydrogen (secondary N) is 1. The maximum atomic E-state index is 3.62. The standard InChI is InChI=1S/C13H19BrN2/c1-10-7-11(3-4-13(10)14)8-15-12-5-6-16(2)9-12/h3-4,7,12,15H,5-6,8-9H2,1-2H3. The fraction of sp³-hybridized carbons (Fsp3) is 0.538. The molecule has 1 aliphatic heterocycles. The van der Waals surface area contributed by atoms with Gasteiger partial charge in [0.2, 0.25) is 0 Å². The van der Waals surface area contributed by atoms with E-state index in [2.05, 4.69) is 58.3 Å². The van der Waals surface area contributed by atoms with E-state index in [1.807, 2.05) is 0 Å². The Morgan fingerprint density at radius 1 is 1.50 bits per heavy atom. The van der Waals surface area contributed by atoms with E-state index in [-0.39, 0.29) is 0 Å². The molecule has 0 aromatic heterocycles. The molecule has 1 fully saturated rings. The van der Waals surface area contributed by atoms with Crippen LogP contribution in [0.15, 0.2) is 22.7 Å². The molecule has 0 amide bonds. The first-order chi connectivity index (χ1) is 7.65. The maximum absolute atomic E-state index is 3.62. The fourth-order valence-electron chi connectivity index (χ4n) is 2.18. The number of hydrogen-bond acceptors (Lipinski definition) is 2. The van der Waals surface area contributed by atoms with Gasteiger partial charge in [0.25, 0.3) is 0 Å². The lowest BCUT2D eigenvalue weighted by molar-refractivity contribution is 0.397. The Bertz CT molecular complexity index is 365. The summed E-state index contributed by atoms with van der Waals surface area (Å²) in [5.74, 6) is 0. The summed E-state index contributed by atoms with van der Waals surface area (Å²) in [6.07, 6.45) is 1.27. The molecular weight excluding hydrogens is 264 g/mol. The van der Waals surface area contributed by atoms with Crippen LogP contribution in [0.5, 0.6) is 0 Å². The lowest BCUT2D eigenvalue weighted by Crippen LogP contribution is -2.30. The molecule has 0 saturated carbocycles. The van der Waals surface area contributed by atoms with E-state index in [0.717, 1.165) is 6.54 Å². The smallest absolute Gasteiger partial charge is 0.0210 e. The first kappa shape index (κ1) is 12.1. The van der Waals surface area contributed by atoms with Gasteiger partial charge in [-0.05, 0) is 44.1 Å². The van der Waals surface area contributed by atoms with Gasteiger partial charge in [-0.25, -0.2) is 0 Å². The lowest BCUT2D eigenvalue weighted by atomic mass is 10.1. The quantitative estimate of drug-likeness (QED) is 0.917. The van der Waals surface area contributed by atoms with Gasteiger partial charge in [0, 0.05) is 23.6 Å². The van der Waals surface area contributed by atoms with Crippen molar-refractivity contribution in [1.29, 1.82) is 0 Å². The molecule has 3 heteroatoms. The number of aryl methyl sites for hydroxylation is 1. The first-order valence-electron chi connectivity index (χ1n) is 5.82. The molecule has 2 nitrogen and oxygen atoms in total. The van der Waals surface area contributed by atoms with E-state index in [4.69, 9.17) is 0 Å². The molecule has 0 aliphatic carbocycles. The number of likely N-dealkylation sites (tertiary alicyclic amines) is 1. The van der Waals surface area contributed by atoms with Crippen LogP contribution in [-0.2, 0) is 6.54 Å². The molecule has 1 unspecified atom stereocenters. The van der Waals surface area contributed by atoms with Gasteiger partial charge in [-0.1, -0.05) is 28.1 Å². The zero-order valence-electron chi connectivity index (χ0n) is 9.96. The van der Waals surface area contributed by atoms with Gasteiger partial charge >= 0.3 is 0 Å². The topological polar surface area (TPSA) is 15.3 Å². The highest BCUT2D eigenvalue weighted by atomic mass is 79.9. The molecular formula is C13H19BrN2. The number of benzene rings is 1. The third kappa shape index (κ3) is 3.06. The van der Waals surface area contributed by atoms with E-state index < -0.39 is 0 Å². The minimum atomic E-state index is 0.661. The van der Waals surface area contributed by atoms with Crippen molar-refractivity contribution in [3.63, 3.8) is 0 Å². The highest BCUT2D eigenvalue weighted by Gasteiger charge is 2.18. The van der Waals surface area contributed by atoms with Crippen LogP contribution in [0.2, 0.25) is 0 Å². The van der Waals surface area contributed by atoms with E-state index in [1.54, 1.807) is 0 Å². The number of nitrogens with zero attached hydrogens (tertiary/aromatic N) is 1. The number of rotatable bonds is 3. The summed E-state index contributed by atoms with van der Waals surface area (Å²) in [6.45, 7) is 5.51. The summed E-state index contributed by atoms with van der Waals surface area (Å²) >= 11 is 3.53.